The standard InChI is InChI=1S/C11H10O6S2.Na/c1-7-10(17-11(12)16-7)6-18-8-2-4-9(5-3-8)19(13,14)15;/h2-5H,6H2,1H3,(H,13,14,15);/q;+1/p-1. The van der Waals surface area contributed by atoms with E-state index in [0.717, 1.165) is 4.90 Å². The van der Waals surface area contributed by atoms with Gasteiger partial charge in [-0.1, -0.05) is 0 Å². The van der Waals surface area contributed by atoms with Gasteiger partial charge in [-0.05, 0) is 31.2 Å². The van der Waals surface area contributed by atoms with Crippen LogP contribution in [-0.4, -0.2) is 13.0 Å². The molecule has 0 aliphatic heterocycles. The zero-order valence-electron chi connectivity index (χ0n) is 10.8. The van der Waals surface area contributed by atoms with E-state index in [2.05, 4.69) is 0 Å². The van der Waals surface area contributed by atoms with Crippen molar-refractivity contribution in [3.63, 3.8) is 0 Å². The van der Waals surface area contributed by atoms with Crippen molar-refractivity contribution < 1.29 is 51.4 Å². The van der Waals surface area contributed by atoms with Crippen LogP contribution < -0.4 is 35.4 Å². The molecule has 2 rings (SSSR count). The average molecular weight is 324 g/mol. The maximum Gasteiger partial charge on any atom is 1.00 e. The monoisotopic (exact) mass is 324 g/mol. The summed E-state index contributed by atoms with van der Waals surface area (Å²) in [6, 6.07) is 5.51. The number of thioether (sulfide) groups is 1. The molecule has 1 aromatic carbocycles. The molecule has 0 fully saturated rings. The fourth-order valence-electron chi connectivity index (χ4n) is 1.36. The van der Waals surface area contributed by atoms with E-state index in [1.165, 1.54) is 36.0 Å². The second kappa shape index (κ2) is 6.97. The molecule has 1 aromatic heterocycles. The molecule has 0 amide bonds. The van der Waals surface area contributed by atoms with Crippen molar-refractivity contribution in [1.82, 2.24) is 0 Å². The van der Waals surface area contributed by atoms with Crippen LogP contribution in [0.3, 0.4) is 0 Å². The average Bonchev–Trinajstić information content (AvgIpc) is 2.65. The smallest absolute Gasteiger partial charge is 0.744 e. The molecule has 1 heterocycles. The first kappa shape index (κ1) is 17.5. The van der Waals surface area contributed by atoms with Gasteiger partial charge in [-0.15, -0.1) is 11.8 Å². The van der Waals surface area contributed by atoms with E-state index in [1.54, 1.807) is 6.92 Å². The third kappa shape index (κ3) is 4.51. The van der Waals surface area contributed by atoms with Crippen molar-refractivity contribution in [1.29, 1.82) is 0 Å². The van der Waals surface area contributed by atoms with E-state index in [9.17, 15) is 17.8 Å². The summed E-state index contributed by atoms with van der Waals surface area (Å²) in [7, 11) is -4.42. The van der Waals surface area contributed by atoms with Crippen LogP contribution in [0.1, 0.15) is 11.5 Å². The SMILES string of the molecule is Cc1oc(=O)oc1CSc1ccc(S(=O)(=O)[O-])cc1.[Na+]. The van der Waals surface area contributed by atoms with Crippen molar-refractivity contribution in [3.05, 3.63) is 46.4 Å². The molecular formula is C11H9NaO6S2. The van der Waals surface area contributed by atoms with Crippen molar-refractivity contribution in [2.45, 2.75) is 22.5 Å². The fraction of sp³-hybridized carbons (Fsp3) is 0.182. The van der Waals surface area contributed by atoms with Gasteiger partial charge in [0, 0.05) is 4.90 Å². The summed E-state index contributed by atoms with van der Waals surface area (Å²) in [5.41, 5.74) is 0. The van der Waals surface area contributed by atoms with Crippen LogP contribution in [0.4, 0.5) is 0 Å². The molecule has 6 nitrogen and oxygen atoms in total. The fourth-order valence-corrected chi connectivity index (χ4v) is 2.72. The molecular weight excluding hydrogens is 315 g/mol. The van der Waals surface area contributed by atoms with Crippen LogP contribution in [0.15, 0.2) is 47.7 Å². The molecule has 20 heavy (non-hydrogen) atoms. The summed E-state index contributed by atoms with van der Waals surface area (Å²) < 4.78 is 41.8. The third-order valence-corrected chi connectivity index (χ3v) is 4.18. The van der Waals surface area contributed by atoms with Gasteiger partial charge >= 0.3 is 35.4 Å². The van der Waals surface area contributed by atoms with Gasteiger partial charge in [0.25, 0.3) is 0 Å². The van der Waals surface area contributed by atoms with Gasteiger partial charge < -0.3 is 13.4 Å². The maximum absolute atomic E-state index is 10.8. The summed E-state index contributed by atoms with van der Waals surface area (Å²) in [4.78, 5) is 11.3. The van der Waals surface area contributed by atoms with Gasteiger partial charge in [0.05, 0.1) is 10.6 Å². The minimum absolute atomic E-state index is 0. The Hall–Kier alpha value is -0.510. The Morgan fingerprint density at radius 3 is 2.25 bits per heavy atom. The van der Waals surface area contributed by atoms with Crippen molar-refractivity contribution >= 4 is 21.9 Å². The Balaban J connectivity index is 0.00000200. The van der Waals surface area contributed by atoms with Crippen molar-refractivity contribution in [2.24, 2.45) is 0 Å². The third-order valence-electron chi connectivity index (χ3n) is 2.32. The first-order valence-electron chi connectivity index (χ1n) is 5.14. The number of benzene rings is 1. The van der Waals surface area contributed by atoms with E-state index in [4.69, 9.17) is 8.83 Å². The molecule has 0 unspecified atom stereocenters. The molecule has 0 aliphatic carbocycles. The molecule has 0 atom stereocenters. The van der Waals surface area contributed by atoms with Crippen LogP contribution in [0.2, 0.25) is 0 Å². The number of rotatable bonds is 4. The van der Waals surface area contributed by atoms with Crippen LogP contribution in [0.5, 0.6) is 0 Å². The van der Waals surface area contributed by atoms with Crippen LogP contribution in [0.25, 0.3) is 0 Å². The predicted molar refractivity (Wildman–Crippen MR) is 65.9 cm³/mol. The van der Waals surface area contributed by atoms with E-state index in [1.807, 2.05) is 0 Å². The normalized spacial score (nSPS) is 11.1. The first-order valence-corrected chi connectivity index (χ1v) is 7.54. The van der Waals surface area contributed by atoms with Gasteiger partial charge in [-0.25, -0.2) is 13.2 Å². The molecule has 0 radical (unpaired) electrons. The molecule has 0 saturated heterocycles. The molecule has 0 bridgehead atoms. The Kier molecular flexibility index (Phi) is 6.11. The Morgan fingerprint density at radius 2 is 1.80 bits per heavy atom. The number of aryl methyl sites for hydroxylation is 1. The van der Waals surface area contributed by atoms with Gasteiger partial charge in [0.2, 0.25) is 0 Å². The molecule has 0 aliphatic rings. The van der Waals surface area contributed by atoms with Crippen molar-refractivity contribution in [3.8, 4) is 0 Å². The zero-order chi connectivity index (χ0) is 14.0. The Bertz CT molecular complexity index is 729. The van der Waals surface area contributed by atoms with E-state index < -0.39 is 15.9 Å². The van der Waals surface area contributed by atoms with E-state index in [-0.39, 0.29) is 34.5 Å². The molecule has 2 aromatic rings. The van der Waals surface area contributed by atoms with E-state index >= 15 is 0 Å². The molecule has 0 N–H and O–H groups in total. The second-order valence-electron chi connectivity index (χ2n) is 3.65. The van der Waals surface area contributed by atoms with Gasteiger partial charge in [-0.3, -0.25) is 0 Å². The van der Waals surface area contributed by atoms with E-state index in [0.29, 0.717) is 17.3 Å². The quantitative estimate of drug-likeness (QED) is 0.393. The van der Waals surface area contributed by atoms with Crippen LogP contribution in [-0.2, 0) is 15.9 Å². The summed E-state index contributed by atoms with van der Waals surface area (Å²) in [5.74, 6) is 0.466. The first-order chi connectivity index (χ1) is 8.86. The second-order valence-corrected chi connectivity index (χ2v) is 6.08. The summed E-state index contributed by atoms with van der Waals surface area (Å²) in [6.45, 7) is 1.62. The largest absolute Gasteiger partial charge is 1.00 e. The number of hydrogen-bond donors (Lipinski definition) is 0. The summed E-state index contributed by atoms with van der Waals surface area (Å²) in [5, 5.41) is 0. The molecule has 9 heteroatoms. The van der Waals surface area contributed by atoms with Crippen LogP contribution in [0, 0.1) is 6.92 Å². The van der Waals surface area contributed by atoms with Gasteiger partial charge in [0.15, 0.2) is 5.76 Å². The zero-order valence-corrected chi connectivity index (χ0v) is 14.4. The van der Waals surface area contributed by atoms with Crippen molar-refractivity contribution in [2.75, 3.05) is 0 Å². The topological polar surface area (TPSA) is 101 Å². The molecule has 0 spiro atoms. The predicted octanol–water partition coefficient (Wildman–Crippen LogP) is -1.26. The van der Waals surface area contributed by atoms with Gasteiger partial charge in [-0.2, -0.15) is 0 Å². The molecule has 102 valence electrons. The maximum atomic E-state index is 10.8. The van der Waals surface area contributed by atoms with Crippen LogP contribution >= 0.6 is 11.8 Å². The number of hydrogen-bond acceptors (Lipinski definition) is 7. The Morgan fingerprint density at radius 1 is 1.20 bits per heavy atom. The molecule has 0 saturated carbocycles. The van der Waals surface area contributed by atoms with Gasteiger partial charge in [0.1, 0.15) is 15.9 Å². The Labute approximate surface area is 141 Å². The summed E-state index contributed by atoms with van der Waals surface area (Å²) >= 11 is 1.33. The summed E-state index contributed by atoms with van der Waals surface area (Å²) in [6.07, 6.45) is 0. The minimum Gasteiger partial charge on any atom is -0.744 e. The minimum atomic E-state index is -4.42.